The molecule has 0 amide bonds. The van der Waals surface area contributed by atoms with Gasteiger partial charge in [0.15, 0.2) is 17.2 Å². The number of hydrogen-bond donors (Lipinski definition) is 0. The van der Waals surface area contributed by atoms with E-state index >= 15 is 0 Å². The highest BCUT2D eigenvalue weighted by atomic mass is 32.1. The molecule has 0 bridgehead atoms. The molecule has 6 heterocycles. The van der Waals surface area contributed by atoms with Crippen LogP contribution in [0, 0.1) is 0 Å². The summed E-state index contributed by atoms with van der Waals surface area (Å²) in [4.78, 5) is 26.7. The molecule has 1 aliphatic rings. The van der Waals surface area contributed by atoms with Crippen LogP contribution in [0.5, 0.6) is 11.6 Å². The number of ether oxygens (including phenoxy) is 1. The first kappa shape index (κ1) is 18.2. The fourth-order valence-corrected chi connectivity index (χ4v) is 5.01. The Morgan fingerprint density at radius 3 is 2.85 bits per heavy atom. The van der Waals surface area contributed by atoms with Crippen LogP contribution in [0.1, 0.15) is 22.6 Å². The number of hydrogen-bond acceptors (Lipinski definition) is 8. The number of pyridine rings is 1. The maximum atomic E-state index is 13.2. The largest absolute Gasteiger partial charge is 0.437 e. The molecule has 5 aromatic heterocycles. The van der Waals surface area contributed by atoms with Gasteiger partial charge in [0.25, 0.3) is 0 Å². The van der Waals surface area contributed by atoms with Crippen LogP contribution in [0.2, 0.25) is 0 Å². The maximum Gasteiger partial charge on any atom is 0.344 e. The zero-order valence-electron chi connectivity index (χ0n) is 16.9. The van der Waals surface area contributed by atoms with Gasteiger partial charge in [-0.15, -0.1) is 5.10 Å². The fourth-order valence-electron chi connectivity index (χ4n) is 4.32. The van der Waals surface area contributed by atoms with E-state index in [1.807, 2.05) is 47.2 Å². The van der Waals surface area contributed by atoms with Gasteiger partial charge in [0.1, 0.15) is 11.9 Å². The predicted octanol–water partition coefficient (Wildman–Crippen LogP) is 4.64. The number of rotatable bonds is 2. The van der Waals surface area contributed by atoms with Crippen molar-refractivity contribution < 1.29 is 9.15 Å². The zero-order valence-corrected chi connectivity index (χ0v) is 17.7. The molecule has 33 heavy (non-hydrogen) atoms. The van der Waals surface area contributed by atoms with Crippen LogP contribution in [0.3, 0.4) is 0 Å². The SMILES string of the molecule is O=c1oc2ccccc2c2c1C(c1ccsc1)c1c(ncn3nc(-c4cccnc4)nc13)O2. The van der Waals surface area contributed by atoms with Gasteiger partial charge in [0.05, 0.1) is 22.4 Å². The second-order valence-corrected chi connectivity index (χ2v) is 8.41. The van der Waals surface area contributed by atoms with Crippen LogP contribution in [0.25, 0.3) is 28.0 Å². The summed E-state index contributed by atoms with van der Waals surface area (Å²) in [5.74, 6) is 0.915. The first-order valence-electron chi connectivity index (χ1n) is 10.2. The van der Waals surface area contributed by atoms with E-state index in [4.69, 9.17) is 14.1 Å². The average molecular weight is 451 g/mol. The summed E-state index contributed by atoms with van der Waals surface area (Å²) in [5, 5.41) is 9.29. The minimum absolute atomic E-state index is 0.395. The van der Waals surface area contributed by atoms with Crippen LogP contribution in [-0.4, -0.2) is 24.6 Å². The number of thiophene rings is 1. The van der Waals surface area contributed by atoms with E-state index in [1.165, 1.54) is 0 Å². The second-order valence-electron chi connectivity index (χ2n) is 7.63. The number of aromatic nitrogens is 5. The first-order valence-corrected chi connectivity index (χ1v) is 11.1. The van der Waals surface area contributed by atoms with E-state index in [2.05, 4.69) is 15.1 Å². The molecule has 6 aromatic rings. The van der Waals surface area contributed by atoms with E-state index in [-0.39, 0.29) is 0 Å². The molecule has 0 fully saturated rings. The molecule has 1 aliphatic heterocycles. The molecule has 1 unspecified atom stereocenters. The molecule has 0 radical (unpaired) electrons. The summed E-state index contributed by atoms with van der Waals surface area (Å²) in [6.45, 7) is 0. The molecule has 0 spiro atoms. The third-order valence-corrected chi connectivity index (χ3v) is 6.46. The van der Waals surface area contributed by atoms with Crippen molar-refractivity contribution in [3.05, 3.63) is 99.1 Å². The predicted molar refractivity (Wildman–Crippen MR) is 122 cm³/mol. The molecular weight excluding hydrogens is 438 g/mol. The Labute approximate surface area is 189 Å². The molecule has 0 N–H and O–H groups in total. The Kier molecular flexibility index (Phi) is 3.76. The molecule has 0 aliphatic carbocycles. The van der Waals surface area contributed by atoms with Gasteiger partial charge >= 0.3 is 5.63 Å². The van der Waals surface area contributed by atoms with E-state index in [0.29, 0.717) is 39.8 Å². The molecule has 8 nitrogen and oxygen atoms in total. The lowest BCUT2D eigenvalue weighted by Gasteiger charge is -2.26. The third-order valence-electron chi connectivity index (χ3n) is 5.76. The van der Waals surface area contributed by atoms with E-state index in [0.717, 1.165) is 16.5 Å². The minimum Gasteiger partial charge on any atom is -0.437 e. The van der Waals surface area contributed by atoms with Crippen molar-refractivity contribution in [3.63, 3.8) is 0 Å². The second kappa shape index (κ2) is 6.81. The summed E-state index contributed by atoms with van der Waals surface area (Å²) in [6, 6.07) is 13.1. The summed E-state index contributed by atoms with van der Waals surface area (Å²) in [5.41, 5.74) is 3.41. The maximum absolute atomic E-state index is 13.2. The van der Waals surface area contributed by atoms with Crippen LogP contribution >= 0.6 is 11.3 Å². The third kappa shape index (κ3) is 2.66. The van der Waals surface area contributed by atoms with Gasteiger partial charge in [-0.1, -0.05) is 12.1 Å². The van der Waals surface area contributed by atoms with Gasteiger partial charge in [0, 0.05) is 18.0 Å². The van der Waals surface area contributed by atoms with Crippen LogP contribution in [0.4, 0.5) is 0 Å². The molecular formula is C24H13N5O3S. The number of benzene rings is 1. The summed E-state index contributed by atoms with van der Waals surface area (Å²) >= 11 is 1.55. The van der Waals surface area contributed by atoms with Gasteiger partial charge < -0.3 is 9.15 Å². The quantitative estimate of drug-likeness (QED) is 0.353. The zero-order chi connectivity index (χ0) is 21.9. The highest BCUT2D eigenvalue weighted by Crippen LogP contribution is 2.49. The standard InChI is InChI=1S/C24H13N5O3S/c30-24-18-17(14-7-9-33-11-14)19-22-27-21(13-4-3-8-25-10-13)28-29(22)12-26-23(19)32-20(18)15-5-1-2-6-16(15)31-24/h1-12,17H. The van der Waals surface area contributed by atoms with Gasteiger partial charge in [0.2, 0.25) is 5.88 Å². The number of nitrogens with zero attached hydrogens (tertiary/aromatic N) is 5. The first-order chi connectivity index (χ1) is 16.3. The molecule has 7 rings (SSSR count). The molecule has 1 atom stereocenters. The van der Waals surface area contributed by atoms with E-state index in [9.17, 15) is 4.79 Å². The van der Waals surface area contributed by atoms with Crippen LogP contribution in [-0.2, 0) is 0 Å². The van der Waals surface area contributed by atoms with Crippen molar-refractivity contribution in [1.29, 1.82) is 0 Å². The van der Waals surface area contributed by atoms with Crippen LogP contribution < -0.4 is 10.4 Å². The van der Waals surface area contributed by atoms with Crippen molar-refractivity contribution >= 4 is 28.0 Å². The highest BCUT2D eigenvalue weighted by Gasteiger charge is 2.37. The van der Waals surface area contributed by atoms with Crippen molar-refractivity contribution in [3.8, 4) is 23.0 Å². The Bertz CT molecular complexity index is 1720. The topological polar surface area (TPSA) is 95.4 Å². The van der Waals surface area contributed by atoms with Gasteiger partial charge in [-0.2, -0.15) is 11.3 Å². The lowest BCUT2D eigenvalue weighted by Crippen LogP contribution is -2.22. The molecule has 1 aromatic carbocycles. The number of para-hydroxylation sites is 1. The van der Waals surface area contributed by atoms with Crippen LogP contribution in [0.15, 0.2) is 81.2 Å². The monoisotopic (exact) mass is 451 g/mol. The van der Waals surface area contributed by atoms with E-state index in [1.54, 1.807) is 40.6 Å². The average Bonchev–Trinajstić information content (AvgIpc) is 3.54. The fraction of sp³-hybridized carbons (Fsp3) is 0.0417. The highest BCUT2D eigenvalue weighted by molar-refractivity contribution is 7.08. The lowest BCUT2D eigenvalue weighted by atomic mass is 9.85. The Morgan fingerprint density at radius 2 is 2.00 bits per heavy atom. The lowest BCUT2D eigenvalue weighted by molar-refractivity contribution is 0.422. The smallest absolute Gasteiger partial charge is 0.344 e. The molecule has 158 valence electrons. The minimum atomic E-state index is -0.460. The Hall–Kier alpha value is -4.37. The van der Waals surface area contributed by atoms with Gasteiger partial charge in [-0.3, -0.25) is 4.98 Å². The summed E-state index contributed by atoms with van der Waals surface area (Å²) < 4.78 is 13.6. The van der Waals surface area contributed by atoms with Crippen molar-refractivity contribution in [1.82, 2.24) is 24.6 Å². The Morgan fingerprint density at radius 1 is 1.06 bits per heavy atom. The molecule has 0 saturated carbocycles. The van der Waals surface area contributed by atoms with Gasteiger partial charge in [-0.25, -0.2) is 19.3 Å². The molecule has 0 saturated heterocycles. The summed E-state index contributed by atoms with van der Waals surface area (Å²) in [6.07, 6.45) is 4.98. The van der Waals surface area contributed by atoms with Crippen molar-refractivity contribution in [2.24, 2.45) is 0 Å². The molecule has 9 heteroatoms. The van der Waals surface area contributed by atoms with E-state index < -0.39 is 11.5 Å². The van der Waals surface area contributed by atoms with Crippen molar-refractivity contribution in [2.75, 3.05) is 0 Å². The van der Waals surface area contributed by atoms with Crippen molar-refractivity contribution in [2.45, 2.75) is 5.92 Å². The number of fused-ring (bicyclic) bond motifs is 6. The Balaban J connectivity index is 1.56. The summed E-state index contributed by atoms with van der Waals surface area (Å²) in [7, 11) is 0. The normalized spacial score (nSPS) is 14.7. The van der Waals surface area contributed by atoms with Gasteiger partial charge in [-0.05, 0) is 46.7 Å².